The van der Waals surface area contributed by atoms with Gasteiger partial charge in [0.1, 0.15) is 0 Å². The van der Waals surface area contributed by atoms with Crippen LogP contribution in [0.3, 0.4) is 0 Å². The first-order valence-electron chi connectivity index (χ1n) is 5.03. The molecule has 0 fully saturated rings. The lowest BCUT2D eigenvalue weighted by molar-refractivity contribution is -0.305. The monoisotopic (exact) mass is 267 g/mol. The lowest BCUT2D eigenvalue weighted by Crippen LogP contribution is -2.42. The number of carboxylic acids is 1. The van der Waals surface area contributed by atoms with E-state index in [1.165, 1.54) is 0 Å². The largest absolute Gasteiger partial charge is 0.550 e. The Morgan fingerprint density at radius 1 is 1.19 bits per heavy atom. The van der Waals surface area contributed by atoms with E-state index < -0.39 is 14.8 Å². The SMILES string of the molecule is CO[Si](CCCSCCC(=O)[O-])(OC)OC. The van der Waals surface area contributed by atoms with Crippen LogP contribution in [0.1, 0.15) is 12.8 Å². The molecule has 16 heavy (non-hydrogen) atoms. The molecule has 0 rings (SSSR count). The van der Waals surface area contributed by atoms with Gasteiger partial charge in [-0.1, -0.05) is 0 Å². The van der Waals surface area contributed by atoms with E-state index in [-0.39, 0.29) is 6.42 Å². The van der Waals surface area contributed by atoms with Crippen molar-refractivity contribution in [1.82, 2.24) is 0 Å². The average molecular weight is 267 g/mol. The molecule has 0 amide bonds. The van der Waals surface area contributed by atoms with Crippen LogP contribution in [0.5, 0.6) is 0 Å². The van der Waals surface area contributed by atoms with Gasteiger partial charge in [0.25, 0.3) is 0 Å². The fourth-order valence-corrected chi connectivity index (χ4v) is 4.05. The van der Waals surface area contributed by atoms with Gasteiger partial charge in [0.2, 0.25) is 0 Å². The molecule has 0 radical (unpaired) electrons. The summed E-state index contributed by atoms with van der Waals surface area (Å²) in [5.41, 5.74) is 0. The summed E-state index contributed by atoms with van der Waals surface area (Å²) in [4.78, 5) is 10.2. The van der Waals surface area contributed by atoms with Crippen molar-refractivity contribution in [1.29, 1.82) is 0 Å². The van der Waals surface area contributed by atoms with Gasteiger partial charge < -0.3 is 23.2 Å². The predicted octanol–water partition coefficient (Wildman–Crippen LogP) is 0.128. The molecule has 7 heteroatoms. The summed E-state index contributed by atoms with van der Waals surface area (Å²) < 4.78 is 15.8. The van der Waals surface area contributed by atoms with Crippen LogP contribution < -0.4 is 5.11 Å². The van der Waals surface area contributed by atoms with E-state index in [1.807, 2.05) is 0 Å². The molecule has 0 bridgehead atoms. The Balaban J connectivity index is 3.59. The summed E-state index contributed by atoms with van der Waals surface area (Å²) in [5, 5.41) is 10.2. The minimum absolute atomic E-state index is 0.103. The fourth-order valence-electron chi connectivity index (χ4n) is 1.20. The second-order valence-electron chi connectivity index (χ2n) is 3.13. The molecule has 0 spiro atoms. The van der Waals surface area contributed by atoms with Crippen LogP contribution in [0, 0.1) is 0 Å². The van der Waals surface area contributed by atoms with E-state index in [9.17, 15) is 9.90 Å². The second-order valence-corrected chi connectivity index (χ2v) is 7.45. The van der Waals surface area contributed by atoms with Crippen molar-refractivity contribution in [2.45, 2.75) is 18.9 Å². The lowest BCUT2D eigenvalue weighted by Gasteiger charge is -2.24. The maximum Gasteiger partial charge on any atom is 0.500 e. The summed E-state index contributed by atoms with van der Waals surface area (Å²) in [7, 11) is 2.32. The van der Waals surface area contributed by atoms with Crippen LogP contribution in [0.25, 0.3) is 0 Å². The van der Waals surface area contributed by atoms with E-state index in [0.29, 0.717) is 5.75 Å². The Hall–Kier alpha value is -0.0831. The summed E-state index contributed by atoms with van der Waals surface area (Å²) in [6.45, 7) is 0. The van der Waals surface area contributed by atoms with Crippen LogP contribution >= 0.6 is 11.8 Å². The molecule has 5 nitrogen and oxygen atoms in total. The third kappa shape index (κ3) is 6.49. The van der Waals surface area contributed by atoms with Crippen LogP contribution in [-0.4, -0.2) is 47.6 Å². The van der Waals surface area contributed by atoms with Gasteiger partial charge in [0.05, 0.1) is 0 Å². The number of carboxylic acid groups (broad SMARTS) is 1. The zero-order valence-corrected chi connectivity index (χ0v) is 11.8. The Morgan fingerprint density at radius 2 is 1.75 bits per heavy atom. The van der Waals surface area contributed by atoms with Gasteiger partial charge in [-0.15, -0.1) is 0 Å². The average Bonchev–Trinajstić information content (AvgIpc) is 2.29. The highest BCUT2D eigenvalue weighted by atomic mass is 32.2. The predicted molar refractivity (Wildman–Crippen MR) is 63.2 cm³/mol. The van der Waals surface area contributed by atoms with Crippen molar-refractivity contribution in [3.63, 3.8) is 0 Å². The summed E-state index contributed by atoms with van der Waals surface area (Å²) in [6.07, 6.45) is 0.992. The fraction of sp³-hybridized carbons (Fsp3) is 0.889. The van der Waals surface area contributed by atoms with Crippen molar-refractivity contribution in [3.05, 3.63) is 0 Å². The highest BCUT2D eigenvalue weighted by Gasteiger charge is 2.36. The van der Waals surface area contributed by atoms with Crippen molar-refractivity contribution in [2.75, 3.05) is 32.8 Å². The number of hydrogen-bond donors (Lipinski definition) is 0. The first-order valence-corrected chi connectivity index (χ1v) is 8.12. The van der Waals surface area contributed by atoms with Gasteiger partial charge >= 0.3 is 8.80 Å². The van der Waals surface area contributed by atoms with Gasteiger partial charge in [0.15, 0.2) is 0 Å². The number of hydrogen-bond acceptors (Lipinski definition) is 6. The first-order chi connectivity index (χ1) is 7.60. The normalized spacial score (nSPS) is 11.7. The number of thioether (sulfide) groups is 1. The molecule has 96 valence electrons. The number of carbonyl (C=O) groups is 1. The maximum absolute atomic E-state index is 10.2. The van der Waals surface area contributed by atoms with E-state index in [2.05, 4.69) is 0 Å². The molecule has 0 aliphatic rings. The molecule has 0 saturated heterocycles. The lowest BCUT2D eigenvalue weighted by atomic mass is 10.5. The molecule has 0 aromatic heterocycles. The minimum atomic E-state index is -2.44. The van der Waals surface area contributed by atoms with Gasteiger partial charge in [0, 0.05) is 33.3 Å². The van der Waals surface area contributed by atoms with Gasteiger partial charge in [-0.3, -0.25) is 0 Å². The Morgan fingerprint density at radius 3 is 2.19 bits per heavy atom. The number of rotatable bonds is 10. The smallest absolute Gasteiger partial charge is 0.500 e. The third-order valence-electron chi connectivity index (χ3n) is 2.16. The summed E-state index contributed by atoms with van der Waals surface area (Å²) in [6, 6.07) is 0.745. The molecule has 0 aromatic carbocycles. The first kappa shape index (κ1) is 15.9. The molecular weight excluding hydrogens is 248 g/mol. The minimum Gasteiger partial charge on any atom is -0.550 e. The second kappa shape index (κ2) is 9.00. The summed E-state index contributed by atoms with van der Waals surface area (Å²) >= 11 is 1.59. The third-order valence-corrected chi connectivity index (χ3v) is 6.06. The molecule has 0 heterocycles. The molecule has 0 atom stereocenters. The molecule has 0 unspecified atom stereocenters. The number of aliphatic carboxylic acids is 1. The van der Waals surface area contributed by atoms with E-state index in [4.69, 9.17) is 13.3 Å². The molecule has 0 saturated carbocycles. The van der Waals surface area contributed by atoms with Crippen LogP contribution in [-0.2, 0) is 18.1 Å². The molecule has 0 aliphatic heterocycles. The van der Waals surface area contributed by atoms with Crippen molar-refractivity contribution in [3.8, 4) is 0 Å². The molecule has 0 aromatic rings. The van der Waals surface area contributed by atoms with E-state index >= 15 is 0 Å². The Bertz CT molecular complexity index is 190. The van der Waals surface area contributed by atoms with Gasteiger partial charge in [-0.25, -0.2) is 0 Å². The van der Waals surface area contributed by atoms with Crippen LogP contribution in [0.4, 0.5) is 0 Å². The summed E-state index contributed by atoms with van der Waals surface area (Å²) in [5.74, 6) is 0.462. The zero-order valence-electron chi connectivity index (χ0n) is 9.99. The Kier molecular flexibility index (Phi) is 8.95. The topological polar surface area (TPSA) is 67.8 Å². The highest BCUT2D eigenvalue weighted by molar-refractivity contribution is 7.99. The number of carbonyl (C=O) groups excluding carboxylic acids is 1. The van der Waals surface area contributed by atoms with Crippen molar-refractivity contribution >= 4 is 26.5 Å². The zero-order chi connectivity index (χ0) is 12.4. The van der Waals surface area contributed by atoms with Crippen LogP contribution in [0.2, 0.25) is 6.04 Å². The van der Waals surface area contributed by atoms with E-state index in [0.717, 1.165) is 18.2 Å². The maximum atomic E-state index is 10.2. The molecule has 0 N–H and O–H groups in total. The van der Waals surface area contributed by atoms with Crippen molar-refractivity contribution < 1.29 is 23.2 Å². The van der Waals surface area contributed by atoms with Gasteiger partial charge in [-0.05, 0) is 24.3 Å². The van der Waals surface area contributed by atoms with Crippen molar-refractivity contribution in [2.24, 2.45) is 0 Å². The molecule has 0 aliphatic carbocycles. The quantitative estimate of drug-likeness (QED) is 0.414. The Labute approximate surface area is 102 Å². The van der Waals surface area contributed by atoms with E-state index in [1.54, 1.807) is 33.1 Å². The highest BCUT2D eigenvalue weighted by Crippen LogP contribution is 2.17. The van der Waals surface area contributed by atoms with Crippen LogP contribution in [0.15, 0.2) is 0 Å². The standard InChI is InChI=1S/C9H20O5SSi/c1-12-16(13-2,14-3)8-4-6-15-7-5-9(10)11/h4-8H2,1-3H3,(H,10,11)/p-1. The van der Waals surface area contributed by atoms with Gasteiger partial charge in [-0.2, -0.15) is 11.8 Å². The molecular formula is C9H19O5SSi-.